The average Bonchev–Trinajstić information content (AvgIpc) is 3.32. The van der Waals surface area contributed by atoms with Gasteiger partial charge >= 0.3 is 0 Å². The fraction of sp³-hybridized carbons (Fsp3) is 0.235. The van der Waals surface area contributed by atoms with Gasteiger partial charge in [-0.15, -0.1) is 0 Å². The second kappa shape index (κ2) is 10.9. The zero-order valence-electron chi connectivity index (χ0n) is 22.4. The topological polar surface area (TPSA) is 69.6 Å². The summed E-state index contributed by atoms with van der Waals surface area (Å²) in [5.74, 6) is -1.06. The first-order valence-electron chi connectivity index (χ1n) is 13.8. The van der Waals surface area contributed by atoms with Crippen molar-refractivity contribution in [2.45, 2.75) is 36.8 Å². The van der Waals surface area contributed by atoms with Gasteiger partial charge in [0.25, 0.3) is 5.91 Å². The van der Waals surface area contributed by atoms with Gasteiger partial charge in [-0.25, -0.2) is 8.78 Å². The minimum absolute atomic E-state index is 0.135. The monoisotopic (exact) mass is 552 g/mol. The number of nitrogens with one attached hydrogen (secondary N) is 1. The summed E-state index contributed by atoms with van der Waals surface area (Å²) >= 11 is 0. The fourth-order valence-corrected chi connectivity index (χ4v) is 6.16. The lowest BCUT2D eigenvalue weighted by molar-refractivity contribution is -0.130. The largest absolute Gasteiger partial charge is 0.390 e. The number of aliphatic hydroxyl groups is 1. The molecule has 4 aromatic rings. The standard InChI is InChI=1S/C34H30F2N2O3/c35-27-13-9-23(10-14-27)22-5-7-24(8-6-22)32(40)38-19-17-34(18-20-38,26-11-15-28(36)16-12-26)33(41)37-31-29-4-2-1-3-25(29)21-30(31)39/h1-16,30-31,39H,17-21H2,(H,37,41). The Morgan fingerprint density at radius 3 is 1.98 bits per heavy atom. The predicted molar refractivity (Wildman–Crippen MR) is 152 cm³/mol. The molecule has 0 spiro atoms. The number of carbonyl (C=O) groups is 2. The summed E-state index contributed by atoms with van der Waals surface area (Å²) in [5, 5.41) is 13.9. The summed E-state index contributed by atoms with van der Waals surface area (Å²) < 4.78 is 27.1. The molecule has 2 atom stereocenters. The van der Waals surface area contributed by atoms with Crippen LogP contribution in [0, 0.1) is 11.6 Å². The third-order valence-electron chi connectivity index (χ3n) is 8.54. The molecule has 6 rings (SSSR count). The molecule has 1 aliphatic carbocycles. The average molecular weight is 553 g/mol. The Balaban J connectivity index is 1.21. The van der Waals surface area contributed by atoms with Crippen molar-refractivity contribution >= 4 is 11.8 Å². The molecule has 0 aromatic heterocycles. The number of amides is 2. The molecule has 0 bridgehead atoms. The van der Waals surface area contributed by atoms with Crippen LogP contribution in [0.5, 0.6) is 0 Å². The third kappa shape index (κ3) is 5.13. The van der Waals surface area contributed by atoms with Gasteiger partial charge in [-0.3, -0.25) is 9.59 Å². The van der Waals surface area contributed by atoms with E-state index >= 15 is 0 Å². The van der Waals surface area contributed by atoms with Crippen molar-refractivity contribution in [1.29, 1.82) is 0 Å². The van der Waals surface area contributed by atoms with Crippen molar-refractivity contribution in [2.24, 2.45) is 0 Å². The molecular formula is C34H30F2N2O3. The van der Waals surface area contributed by atoms with E-state index in [1.165, 1.54) is 24.3 Å². The molecule has 7 heteroatoms. The minimum Gasteiger partial charge on any atom is -0.390 e. The number of fused-ring (bicyclic) bond motifs is 1. The SMILES string of the molecule is O=C(c1ccc(-c2ccc(F)cc2)cc1)N1CCC(C(=O)NC2c3ccccc3CC2O)(c2ccc(F)cc2)CC1. The lowest BCUT2D eigenvalue weighted by Gasteiger charge is -2.42. The van der Waals surface area contributed by atoms with E-state index in [1.807, 2.05) is 36.4 Å². The Morgan fingerprint density at radius 2 is 1.34 bits per heavy atom. The van der Waals surface area contributed by atoms with Crippen LogP contribution in [0.15, 0.2) is 97.1 Å². The van der Waals surface area contributed by atoms with Gasteiger partial charge in [0.05, 0.1) is 17.6 Å². The van der Waals surface area contributed by atoms with Crippen LogP contribution in [0.3, 0.4) is 0 Å². The molecule has 2 aliphatic rings. The Kier molecular flexibility index (Phi) is 7.14. The number of benzene rings is 4. The number of carbonyl (C=O) groups excluding carboxylic acids is 2. The molecule has 0 saturated carbocycles. The molecule has 2 N–H and O–H groups in total. The molecule has 1 saturated heterocycles. The number of likely N-dealkylation sites (tertiary alicyclic amines) is 1. The molecule has 4 aromatic carbocycles. The van der Waals surface area contributed by atoms with E-state index in [0.29, 0.717) is 43.5 Å². The number of rotatable bonds is 5. The Bertz CT molecular complexity index is 1560. The maximum absolute atomic E-state index is 14.0. The van der Waals surface area contributed by atoms with Crippen LogP contribution >= 0.6 is 0 Å². The minimum atomic E-state index is -0.978. The summed E-state index contributed by atoms with van der Waals surface area (Å²) in [4.78, 5) is 29.2. The van der Waals surface area contributed by atoms with Crippen LogP contribution in [0.4, 0.5) is 8.78 Å². The quantitative estimate of drug-likeness (QED) is 0.340. The van der Waals surface area contributed by atoms with Gasteiger partial charge in [-0.05, 0) is 77.1 Å². The van der Waals surface area contributed by atoms with Crippen molar-refractivity contribution in [3.8, 4) is 11.1 Å². The Labute approximate surface area is 237 Å². The highest BCUT2D eigenvalue weighted by Gasteiger charge is 2.46. The number of halogens is 2. The highest BCUT2D eigenvalue weighted by atomic mass is 19.1. The molecule has 0 radical (unpaired) electrons. The Hall–Kier alpha value is -4.36. The first-order chi connectivity index (χ1) is 19.8. The number of nitrogens with zero attached hydrogens (tertiary/aromatic N) is 1. The maximum Gasteiger partial charge on any atom is 0.253 e. The molecule has 5 nitrogen and oxygen atoms in total. The lowest BCUT2D eigenvalue weighted by atomic mass is 9.71. The fourth-order valence-electron chi connectivity index (χ4n) is 6.16. The number of hydrogen-bond acceptors (Lipinski definition) is 3. The van der Waals surface area contributed by atoms with Crippen LogP contribution in [0.25, 0.3) is 11.1 Å². The second-order valence-corrected chi connectivity index (χ2v) is 10.9. The van der Waals surface area contributed by atoms with E-state index in [1.54, 1.807) is 41.3 Å². The van der Waals surface area contributed by atoms with Gasteiger partial charge < -0.3 is 15.3 Å². The summed E-state index contributed by atoms with van der Waals surface area (Å²) in [5.41, 5.74) is 3.88. The molecule has 1 heterocycles. The molecule has 1 fully saturated rings. The van der Waals surface area contributed by atoms with E-state index < -0.39 is 17.6 Å². The van der Waals surface area contributed by atoms with Crippen molar-refractivity contribution < 1.29 is 23.5 Å². The van der Waals surface area contributed by atoms with Gasteiger partial charge in [0.15, 0.2) is 0 Å². The van der Waals surface area contributed by atoms with Gasteiger partial charge in [-0.1, -0.05) is 60.7 Å². The normalized spacial score (nSPS) is 19.4. The van der Waals surface area contributed by atoms with Gasteiger partial charge in [0.2, 0.25) is 5.91 Å². The molecule has 208 valence electrons. The van der Waals surface area contributed by atoms with E-state index in [9.17, 15) is 23.5 Å². The van der Waals surface area contributed by atoms with Crippen LogP contribution in [0.1, 0.15) is 45.9 Å². The van der Waals surface area contributed by atoms with Crippen molar-refractivity contribution in [2.75, 3.05) is 13.1 Å². The first kappa shape index (κ1) is 26.8. The second-order valence-electron chi connectivity index (χ2n) is 10.9. The number of aliphatic hydroxyl groups excluding tert-OH is 1. The van der Waals surface area contributed by atoms with Gasteiger partial charge in [0.1, 0.15) is 11.6 Å². The van der Waals surface area contributed by atoms with Crippen LogP contribution in [-0.4, -0.2) is 41.0 Å². The van der Waals surface area contributed by atoms with Crippen molar-refractivity contribution in [3.05, 3.63) is 131 Å². The Morgan fingerprint density at radius 1 is 0.780 bits per heavy atom. The zero-order chi connectivity index (χ0) is 28.6. The van der Waals surface area contributed by atoms with Gasteiger partial charge in [-0.2, -0.15) is 0 Å². The molecule has 2 amide bonds. The first-order valence-corrected chi connectivity index (χ1v) is 13.8. The highest BCUT2D eigenvalue weighted by molar-refractivity contribution is 5.95. The molecule has 2 unspecified atom stereocenters. The molecular weight excluding hydrogens is 522 g/mol. The van der Waals surface area contributed by atoms with Crippen LogP contribution in [0.2, 0.25) is 0 Å². The summed E-state index contributed by atoms with van der Waals surface area (Å²) in [6, 6.07) is 26.5. The maximum atomic E-state index is 14.0. The van der Waals surface area contributed by atoms with Crippen molar-refractivity contribution in [3.63, 3.8) is 0 Å². The summed E-state index contributed by atoms with van der Waals surface area (Å²) in [6.45, 7) is 0.681. The third-order valence-corrected chi connectivity index (χ3v) is 8.54. The van der Waals surface area contributed by atoms with Crippen molar-refractivity contribution in [1.82, 2.24) is 10.2 Å². The van der Waals surface area contributed by atoms with E-state index in [2.05, 4.69) is 5.32 Å². The van der Waals surface area contributed by atoms with E-state index in [4.69, 9.17) is 0 Å². The summed E-state index contributed by atoms with van der Waals surface area (Å²) in [7, 11) is 0. The zero-order valence-corrected chi connectivity index (χ0v) is 22.4. The number of piperidine rings is 1. The molecule has 1 aliphatic heterocycles. The summed E-state index contributed by atoms with van der Waals surface area (Å²) in [6.07, 6.45) is 0.441. The molecule has 41 heavy (non-hydrogen) atoms. The van der Waals surface area contributed by atoms with E-state index in [-0.39, 0.29) is 23.4 Å². The lowest BCUT2D eigenvalue weighted by Crippen LogP contribution is -2.54. The van der Waals surface area contributed by atoms with Gasteiger partial charge in [0, 0.05) is 25.1 Å². The van der Waals surface area contributed by atoms with E-state index in [0.717, 1.165) is 22.3 Å². The van der Waals surface area contributed by atoms with Crippen LogP contribution < -0.4 is 5.32 Å². The highest BCUT2D eigenvalue weighted by Crippen LogP contribution is 2.39. The number of hydrogen-bond donors (Lipinski definition) is 2. The predicted octanol–water partition coefficient (Wildman–Crippen LogP) is 5.58. The smallest absolute Gasteiger partial charge is 0.253 e. The van der Waals surface area contributed by atoms with Crippen LogP contribution in [-0.2, 0) is 16.6 Å².